The van der Waals surface area contributed by atoms with Gasteiger partial charge in [-0.3, -0.25) is 4.79 Å². The van der Waals surface area contributed by atoms with Gasteiger partial charge in [-0.1, -0.05) is 42.3 Å². The lowest BCUT2D eigenvalue weighted by Crippen LogP contribution is -2.48. The molecule has 1 amide bonds. The highest BCUT2D eigenvalue weighted by Crippen LogP contribution is 2.23. The number of carbonyl (C=O) groups excluding carboxylic acids is 1. The highest BCUT2D eigenvalue weighted by atomic mass is 35.5. The second kappa shape index (κ2) is 10.1. The van der Waals surface area contributed by atoms with Crippen molar-refractivity contribution < 1.29 is 13.2 Å². The summed E-state index contributed by atoms with van der Waals surface area (Å²) in [6.45, 7) is 1.95. The number of hydrogen-bond acceptors (Lipinski definition) is 5. The van der Waals surface area contributed by atoms with E-state index in [9.17, 15) is 13.2 Å². The predicted octanol–water partition coefficient (Wildman–Crippen LogP) is 2.53. The number of nitrogens with zero attached hydrogens (tertiary/aromatic N) is 1. The zero-order chi connectivity index (χ0) is 20.7. The van der Waals surface area contributed by atoms with Crippen LogP contribution in [-0.2, 0) is 27.8 Å². The van der Waals surface area contributed by atoms with Crippen LogP contribution in [-0.4, -0.2) is 31.1 Å². The highest BCUT2D eigenvalue weighted by Gasteiger charge is 2.24. The van der Waals surface area contributed by atoms with E-state index >= 15 is 0 Å². The standard InChI is InChI=1S/C18H22Cl2N4O3S/c1-2-7-28(26,27)24-16(9-12-3-5-14(19)15(20)8-12)18(25)23-11-13-4-6-17(21)22-10-13/h3-6,8,10,16,24H,2,7,9,11H2,1H3,(H2,21,22)(H,23,25)/t16-/m0/s1. The molecule has 0 bridgehead atoms. The number of halogens is 2. The molecule has 0 aliphatic heterocycles. The zero-order valence-electron chi connectivity index (χ0n) is 15.3. The number of nitrogens with one attached hydrogen (secondary N) is 2. The minimum absolute atomic E-state index is 0.0694. The van der Waals surface area contributed by atoms with Gasteiger partial charge in [-0.25, -0.2) is 18.1 Å². The van der Waals surface area contributed by atoms with E-state index in [2.05, 4.69) is 15.0 Å². The predicted molar refractivity (Wildman–Crippen MR) is 112 cm³/mol. The third-order valence-corrected chi connectivity index (χ3v) is 6.18. The van der Waals surface area contributed by atoms with Gasteiger partial charge in [0.25, 0.3) is 0 Å². The third kappa shape index (κ3) is 6.94. The minimum atomic E-state index is -3.60. The van der Waals surface area contributed by atoms with Gasteiger partial charge in [0.15, 0.2) is 0 Å². The molecule has 0 aliphatic carbocycles. The van der Waals surface area contributed by atoms with E-state index in [1.807, 2.05) is 0 Å². The number of benzene rings is 1. The van der Waals surface area contributed by atoms with E-state index in [0.717, 1.165) is 5.56 Å². The van der Waals surface area contributed by atoms with Gasteiger partial charge < -0.3 is 11.1 Å². The molecular formula is C18H22Cl2N4O3S. The minimum Gasteiger partial charge on any atom is -0.384 e. The maximum Gasteiger partial charge on any atom is 0.238 e. The summed E-state index contributed by atoms with van der Waals surface area (Å²) in [5, 5.41) is 3.44. The lowest BCUT2D eigenvalue weighted by Gasteiger charge is -2.19. The summed E-state index contributed by atoms with van der Waals surface area (Å²) < 4.78 is 26.9. The van der Waals surface area contributed by atoms with Crippen molar-refractivity contribution in [1.29, 1.82) is 0 Å². The van der Waals surface area contributed by atoms with Gasteiger partial charge in [-0.05, 0) is 42.2 Å². The first-order valence-corrected chi connectivity index (χ1v) is 11.0. The van der Waals surface area contributed by atoms with E-state index in [-0.39, 0.29) is 18.7 Å². The molecule has 0 spiro atoms. The summed E-state index contributed by atoms with van der Waals surface area (Å²) in [6, 6.07) is 7.29. The molecule has 1 aromatic heterocycles. The number of nitrogen functional groups attached to an aromatic ring is 1. The summed E-state index contributed by atoms with van der Waals surface area (Å²) in [7, 11) is -3.60. The molecule has 0 fully saturated rings. The molecule has 2 rings (SSSR count). The smallest absolute Gasteiger partial charge is 0.238 e. The molecule has 152 valence electrons. The number of carbonyl (C=O) groups is 1. The van der Waals surface area contributed by atoms with Crippen LogP contribution in [0.25, 0.3) is 0 Å². The van der Waals surface area contributed by atoms with E-state index in [1.165, 1.54) is 0 Å². The van der Waals surface area contributed by atoms with Gasteiger partial charge in [-0.2, -0.15) is 0 Å². The highest BCUT2D eigenvalue weighted by molar-refractivity contribution is 7.89. The lowest BCUT2D eigenvalue weighted by atomic mass is 10.1. The number of rotatable bonds is 9. The van der Waals surface area contributed by atoms with Crippen LogP contribution < -0.4 is 15.8 Å². The Morgan fingerprint density at radius 3 is 2.50 bits per heavy atom. The van der Waals surface area contributed by atoms with Crippen LogP contribution in [0, 0.1) is 0 Å². The second-order valence-electron chi connectivity index (χ2n) is 6.25. The number of nitrogens with two attached hydrogens (primary N) is 1. The van der Waals surface area contributed by atoms with Gasteiger partial charge in [0.05, 0.1) is 15.8 Å². The van der Waals surface area contributed by atoms with E-state index in [1.54, 1.807) is 43.5 Å². The Morgan fingerprint density at radius 2 is 1.89 bits per heavy atom. The molecule has 4 N–H and O–H groups in total. The van der Waals surface area contributed by atoms with Crippen molar-refractivity contribution in [3.63, 3.8) is 0 Å². The number of sulfonamides is 1. The van der Waals surface area contributed by atoms with Crippen molar-refractivity contribution in [2.24, 2.45) is 0 Å². The van der Waals surface area contributed by atoms with Gasteiger partial charge in [-0.15, -0.1) is 0 Å². The first-order chi connectivity index (χ1) is 13.2. The van der Waals surface area contributed by atoms with Crippen molar-refractivity contribution in [3.05, 3.63) is 57.7 Å². The van der Waals surface area contributed by atoms with Crippen LogP contribution in [0.4, 0.5) is 5.82 Å². The molecule has 2 aromatic rings. The van der Waals surface area contributed by atoms with Crippen LogP contribution in [0.2, 0.25) is 10.0 Å². The Morgan fingerprint density at radius 1 is 1.18 bits per heavy atom. The molecule has 1 heterocycles. The number of pyridine rings is 1. The third-order valence-electron chi connectivity index (χ3n) is 3.85. The molecule has 0 saturated heterocycles. The van der Waals surface area contributed by atoms with Crippen LogP contribution >= 0.6 is 23.2 Å². The lowest BCUT2D eigenvalue weighted by molar-refractivity contribution is -0.122. The van der Waals surface area contributed by atoms with E-state index < -0.39 is 22.0 Å². The summed E-state index contributed by atoms with van der Waals surface area (Å²) in [6.07, 6.45) is 2.12. The van der Waals surface area contributed by atoms with Crippen molar-refractivity contribution in [2.75, 3.05) is 11.5 Å². The number of anilines is 1. The molecule has 7 nitrogen and oxygen atoms in total. The molecule has 0 radical (unpaired) electrons. The normalized spacial score (nSPS) is 12.5. The fourth-order valence-corrected chi connectivity index (χ4v) is 4.09. The molecule has 1 atom stereocenters. The Kier molecular flexibility index (Phi) is 8.06. The van der Waals surface area contributed by atoms with Crippen LogP contribution in [0.15, 0.2) is 36.5 Å². The summed E-state index contributed by atoms with van der Waals surface area (Å²) >= 11 is 11.9. The van der Waals surface area contributed by atoms with Crippen molar-refractivity contribution in [1.82, 2.24) is 15.0 Å². The molecular weight excluding hydrogens is 423 g/mol. The van der Waals surface area contributed by atoms with E-state index in [4.69, 9.17) is 28.9 Å². The average molecular weight is 445 g/mol. The van der Waals surface area contributed by atoms with Crippen LogP contribution in [0.3, 0.4) is 0 Å². The fourth-order valence-electron chi connectivity index (χ4n) is 2.49. The van der Waals surface area contributed by atoms with Crippen LogP contribution in [0.1, 0.15) is 24.5 Å². The fraction of sp³-hybridized carbons (Fsp3) is 0.333. The molecule has 1 aromatic carbocycles. The number of amides is 1. The quantitative estimate of drug-likeness (QED) is 0.549. The summed E-state index contributed by atoms with van der Waals surface area (Å²) in [4.78, 5) is 16.6. The Labute approximate surface area is 174 Å². The second-order valence-corrected chi connectivity index (χ2v) is 8.94. The Hall–Kier alpha value is -1.87. The molecule has 10 heteroatoms. The largest absolute Gasteiger partial charge is 0.384 e. The first kappa shape index (κ1) is 22.4. The monoisotopic (exact) mass is 444 g/mol. The van der Waals surface area contributed by atoms with Gasteiger partial charge in [0, 0.05) is 12.7 Å². The summed E-state index contributed by atoms with van der Waals surface area (Å²) in [5.74, 6) is -0.150. The summed E-state index contributed by atoms with van der Waals surface area (Å²) in [5.41, 5.74) is 6.97. The van der Waals surface area contributed by atoms with Crippen LogP contribution in [0.5, 0.6) is 0 Å². The van der Waals surface area contributed by atoms with Crippen molar-refractivity contribution >= 4 is 45.0 Å². The molecule has 0 saturated carbocycles. The van der Waals surface area contributed by atoms with Gasteiger partial charge in [0.1, 0.15) is 11.9 Å². The Bertz CT molecular complexity index is 921. The maximum absolute atomic E-state index is 12.7. The Balaban J connectivity index is 2.14. The number of hydrogen-bond donors (Lipinski definition) is 3. The van der Waals surface area contributed by atoms with Gasteiger partial charge in [0.2, 0.25) is 15.9 Å². The van der Waals surface area contributed by atoms with Crippen molar-refractivity contribution in [3.8, 4) is 0 Å². The van der Waals surface area contributed by atoms with Gasteiger partial charge >= 0.3 is 0 Å². The average Bonchev–Trinajstić information content (AvgIpc) is 2.63. The topological polar surface area (TPSA) is 114 Å². The number of aromatic nitrogens is 1. The zero-order valence-corrected chi connectivity index (χ0v) is 17.6. The maximum atomic E-state index is 12.7. The molecule has 0 aliphatic rings. The first-order valence-electron chi connectivity index (χ1n) is 8.62. The molecule has 0 unspecified atom stereocenters. The van der Waals surface area contributed by atoms with Crippen molar-refractivity contribution in [2.45, 2.75) is 32.4 Å². The SMILES string of the molecule is CCCS(=O)(=O)N[C@@H](Cc1ccc(Cl)c(Cl)c1)C(=O)NCc1ccc(N)nc1. The molecule has 28 heavy (non-hydrogen) atoms. The van der Waals surface area contributed by atoms with E-state index in [0.29, 0.717) is 27.8 Å².